The molecule has 144 valence electrons. The average Bonchev–Trinajstić information content (AvgIpc) is 3.22. The largest absolute Gasteiger partial charge is 0.378 e. The first-order chi connectivity index (χ1) is 13.5. The van der Waals surface area contributed by atoms with Gasteiger partial charge in [-0.2, -0.15) is 0 Å². The van der Waals surface area contributed by atoms with Crippen LogP contribution >= 0.6 is 11.3 Å². The number of amides is 2. The Labute approximate surface area is 168 Å². The Morgan fingerprint density at radius 1 is 0.857 bits per heavy atom. The van der Waals surface area contributed by atoms with Gasteiger partial charge < -0.3 is 14.7 Å². The van der Waals surface area contributed by atoms with E-state index in [2.05, 4.69) is 0 Å². The summed E-state index contributed by atoms with van der Waals surface area (Å²) in [5, 5.41) is 3.02. The number of hydrogen-bond donors (Lipinski definition) is 0. The summed E-state index contributed by atoms with van der Waals surface area (Å²) < 4.78 is 1.13. The van der Waals surface area contributed by atoms with Gasteiger partial charge in [-0.05, 0) is 47.8 Å². The van der Waals surface area contributed by atoms with Crippen molar-refractivity contribution in [2.45, 2.75) is 0 Å². The second-order valence-corrected chi connectivity index (χ2v) is 8.11. The Morgan fingerprint density at radius 3 is 2.14 bits per heavy atom. The van der Waals surface area contributed by atoms with Crippen molar-refractivity contribution in [3.05, 3.63) is 65.0 Å². The summed E-state index contributed by atoms with van der Waals surface area (Å²) in [5.74, 6) is 0.0729. The molecule has 6 heteroatoms. The fourth-order valence-corrected chi connectivity index (χ4v) is 4.36. The molecule has 1 saturated heterocycles. The Morgan fingerprint density at radius 2 is 1.50 bits per heavy atom. The van der Waals surface area contributed by atoms with E-state index in [-0.39, 0.29) is 11.8 Å². The number of carbonyl (C=O) groups excluding carboxylic acids is 2. The maximum atomic E-state index is 13.0. The smallest absolute Gasteiger partial charge is 0.254 e. The van der Waals surface area contributed by atoms with E-state index < -0.39 is 0 Å². The minimum Gasteiger partial charge on any atom is -0.378 e. The average molecular weight is 394 g/mol. The minimum absolute atomic E-state index is 0.0253. The van der Waals surface area contributed by atoms with Gasteiger partial charge in [-0.15, -0.1) is 11.3 Å². The van der Waals surface area contributed by atoms with Gasteiger partial charge in [-0.1, -0.05) is 6.07 Å². The van der Waals surface area contributed by atoms with Crippen LogP contribution in [-0.2, 0) is 0 Å². The van der Waals surface area contributed by atoms with Gasteiger partial charge in [0.05, 0.1) is 0 Å². The van der Waals surface area contributed by atoms with Crippen molar-refractivity contribution in [3.8, 4) is 0 Å². The topological polar surface area (TPSA) is 43.9 Å². The van der Waals surface area contributed by atoms with E-state index in [1.807, 2.05) is 82.7 Å². The van der Waals surface area contributed by atoms with E-state index in [0.29, 0.717) is 31.7 Å². The normalized spacial score (nSPS) is 14.4. The van der Waals surface area contributed by atoms with Crippen LogP contribution in [0.1, 0.15) is 20.7 Å². The minimum atomic E-state index is 0.0253. The summed E-state index contributed by atoms with van der Waals surface area (Å²) in [6, 6.07) is 15.5. The van der Waals surface area contributed by atoms with Gasteiger partial charge in [0.25, 0.3) is 11.8 Å². The second kappa shape index (κ2) is 7.64. The maximum absolute atomic E-state index is 13.0. The van der Waals surface area contributed by atoms with Gasteiger partial charge in [-0.3, -0.25) is 9.59 Å². The highest BCUT2D eigenvalue weighted by atomic mass is 32.1. The molecule has 0 atom stereocenters. The van der Waals surface area contributed by atoms with Crippen LogP contribution < -0.4 is 4.90 Å². The van der Waals surface area contributed by atoms with Gasteiger partial charge in [0.1, 0.15) is 0 Å². The van der Waals surface area contributed by atoms with E-state index in [9.17, 15) is 9.59 Å². The van der Waals surface area contributed by atoms with Crippen molar-refractivity contribution in [1.29, 1.82) is 0 Å². The van der Waals surface area contributed by atoms with Crippen molar-refractivity contribution in [1.82, 2.24) is 9.80 Å². The lowest BCUT2D eigenvalue weighted by molar-refractivity contribution is 0.0536. The first-order valence-corrected chi connectivity index (χ1v) is 10.2. The number of thiophene rings is 1. The third kappa shape index (κ3) is 3.47. The zero-order valence-corrected chi connectivity index (χ0v) is 16.9. The fourth-order valence-electron chi connectivity index (χ4n) is 3.55. The van der Waals surface area contributed by atoms with Crippen LogP contribution in [0.3, 0.4) is 0 Å². The molecule has 1 aromatic heterocycles. The van der Waals surface area contributed by atoms with Crippen LogP contribution in [0.2, 0.25) is 0 Å². The zero-order chi connectivity index (χ0) is 19.7. The van der Waals surface area contributed by atoms with Crippen molar-refractivity contribution in [2.24, 2.45) is 0 Å². The van der Waals surface area contributed by atoms with Gasteiger partial charge in [0.15, 0.2) is 0 Å². The van der Waals surface area contributed by atoms with E-state index in [1.54, 1.807) is 11.3 Å². The molecule has 2 aromatic carbocycles. The highest BCUT2D eigenvalue weighted by Crippen LogP contribution is 2.25. The number of piperazine rings is 1. The highest BCUT2D eigenvalue weighted by Gasteiger charge is 2.26. The number of benzene rings is 2. The van der Waals surface area contributed by atoms with Gasteiger partial charge >= 0.3 is 0 Å². The zero-order valence-electron chi connectivity index (χ0n) is 16.1. The summed E-state index contributed by atoms with van der Waals surface area (Å²) in [5.41, 5.74) is 2.50. The summed E-state index contributed by atoms with van der Waals surface area (Å²) in [6.45, 7) is 2.22. The van der Waals surface area contributed by atoms with Crippen molar-refractivity contribution in [2.75, 3.05) is 45.2 Å². The Hall–Kier alpha value is -2.86. The predicted molar refractivity (Wildman–Crippen MR) is 114 cm³/mol. The lowest BCUT2D eigenvalue weighted by atomic mass is 10.1. The summed E-state index contributed by atoms with van der Waals surface area (Å²) in [6.07, 6.45) is 0. The van der Waals surface area contributed by atoms with Gasteiger partial charge in [0, 0.05) is 67.2 Å². The van der Waals surface area contributed by atoms with E-state index in [4.69, 9.17) is 0 Å². The second-order valence-electron chi connectivity index (χ2n) is 7.16. The molecule has 0 aliphatic carbocycles. The third-order valence-electron chi connectivity index (χ3n) is 5.21. The molecule has 0 bridgehead atoms. The molecule has 0 radical (unpaired) electrons. The van der Waals surface area contributed by atoms with Gasteiger partial charge in [-0.25, -0.2) is 0 Å². The first-order valence-electron chi connectivity index (χ1n) is 9.37. The molecule has 5 nitrogen and oxygen atoms in total. The van der Waals surface area contributed by atoms with Crippen LogP contribution in [0, 0.1) is 0 Å². The number of anilines is 1. The van der Waals surface area contributed by atoms with E-state index >= 15 is 0 Å². The number of carbonyl (C=O) groups is 2. The number of fused-ring (bicyclic) bond motifs is 1. The van der Waals surface area contributed by atoms with Crippen LogP contribution in [0.25, 0.3) is 10.1 Å². The molecule has 1 aliphatic heterocycles. The predicted octanol–water partition coefficient (Wildman–Crippen LogP) is 3.57. The quantitative estimate of drug-likeness (QED) is 0.683. The Balaban J connectivity index is 1.42. The van der Waals surface area contributed by atoms with Crippen molar-refractivity contribution in [3.63, 3.8) is 0 Å². The highest BCUT2D eigenvalue weighted by molar-refractivity contribution is 7.17. The number of nitrogens with zero attached hydrogens (tertiary/aromatic N) is 3. The van der Waals surface area contributed by atoms with Crippen molar-refractivity contribution < 1.29 is 9.59 Å². The SMILES string of the molecule is CN(C)c1ccc(C(=O)N2CCN(C(=O)c3cccc4sccc34)CC2)cc1. The van der Waals surface area contributed by atoms with Crippen LogP contribution in [-0.4, -0.2) is 61.9 Å². The monoisotopic (exact) mass is 393 g/mol. The Bertz CT molecular complexity index is 1000. The Kier molecular flexibility index (Phi) is 5.05. The molecule has 4 rings (SSSR count). The van der Waals surface area contributed by atoms with Crippen molar-refractivity contribution >= 4 is 38.9 Å². The van der Waals surface area contributed by atoms with E-state index in [0.717, 1.165) is 21.3 Å². The maximum Gasteiger partial charge on any atom is 0.254 e. The van der Waals surface area contributed by atoms with Crippen LogP contribution in [0.5, 0.6) is 0 Å². The molecule has 1 aliphatic rings. The van der Waals surface area contributed by atoms with Crippen LogP contribution in [0.4, 0.5) is 5.69 Å². The summed E-state index contributed by atoms with van der Waals surface area (Å²) >= 11 is 1.64. The number of hydrogen-bond acceptors (Lipinski definition) is 4. The molecule has 2 amide bonds. The standard InChI is InChI=1S/C22H23N3O2S/c1-23(2)17-8-6-16(7-9-17)21(26)24-11-13-25(14-12-24)22(27)19-4-3-5-20-18(19)10-15-28-20/h3-10,15H,11-14H2,1-2H3. The molecule has 1 fully saturated rings. The lowest BCUT2D eigenvalue weighted by Crippen LogP contribution is -2.50. The molecule has 0 saturated carbocycles. The molecular formula is C22H23N3O2S. The molecule has 0 N–H and O–H groups in total. The fraction of sp³-hybridized carbons (Fsp3) is 0.273. The summed E-state index contributed by atoms with van der Waals surface area (Å²) in [4.78, 5) is 31.5. The third-order valence-corrected chi connectivity index (χ3v) is 6.09. The number of rotatable bonds is 3. The van der Waals surface area contributed by atoms with E-state index in [1.165, 1.54) is 0 Å². The molecule has 0 unspecified atom stereocenters. The van der Waals surface area contributed by atoms with Gasteiger partial charge in [0.2, 0.25) is 0 Å². The molecule has 0 spiro atoms. The molecule has 2 heterocycles. The lowest BCUT2D eigenvalue weighted by Gasteiger charge is -2.35. The molecule has 3 aromatic rings. The summed E-state index contributed by atoms with van der Waals surface area (Å²) in [7, 11) is 3.95. The first kappa shape index (κ1) is 18.5. The molecular weight excluding hydrogens is 370 g/mol. The molecule has 28 heavy (non-hydrogen) atoms. The van der Waals surface area contributed by atoms with Crippen LogP contribution in [0.15, 0.2) is 53.9 Å².